The maximum absolute atomic E-state index is 11.4. The van der Waals surface area contributed by atoms with E-state index in [1.54, 1.807) is 0 Å². The molecule has 0 unspecified atom stereocenters. The van der Waals surface area contributed by atoms with Crippen molar-refractivity contribution in [2.24, 2.45) is 5.92 Å². The summed E-state index contributed by atoms with van der Waals surface area (Å²) in [6.07, 6.45) is 13.2. The first-order valence-corrected chi connectivity index (χ1v) is 9.91. The van der Waals surface area contributed by atoms with Crippen LogP contribution >= 0.6 is 0 Å². The zero-order valence-corrected chi connectivity index (χ0v) is 14.5. The molecule has 0 saturated heterocycles. The maximum atomic E-state index is 11.4. The van der Waals surface area contributed by atoms with E-state index in [1.807, 2.05) is 0 Å². The van der Waals surface area contributed by atoms with Crippen molar-refractivity contribution in [3.05, 3.63) is 0 Å². The van der Waals surface area contributed by atoms with Gasteiger partial charge in [0.2, 0.25) is 0 Å². The summed E-state index contributed by atoms with van der Waals surface area (Å²) in [4.78, 5) is 0. The first-order chi connectivity index (χ1) is 9.55. The van der Waals surface area contributed by atoms with E-state index in [9.17, 15) is 8.42 Å². The van der Waals surface area contributed by atoms with Crippen molar-refractivity contribution in [3.8, 4) is 0 Å². The fourth-order valence-electron chi connectivity index (χ4n) is 2.55. The molecule has 0 aromatic heterocycles. The van der Waals surface area contributed by atoms with E-state index in [1.165, 1.54) is 71.3 Å². The summed E-state index contributed by atoms with van der Waals surface area (Å²) in [5.41, 5.74) is 0. The van der Waals surface area contributed by atoms with Gasteiger partial charge in [0.1, 0.15) is 0 Å². The molecule has 0 atom stereocenters. The molecule has 0 aliphatic rings. The van der Waals surface area contributed by atoms with Crippen LogP contribution in [0.15, 0.2) is 0 Å². The summed E-state index contributed by atoms with van der Waals surface area (Å²) in [5.74, 6) is 0.726. The highest BCUT2D eigenvalue weighted by Crippen LogP contribution is 2.22. The molecular formula is C16H34O3S. The molecule has 0 spiro atoms. The molecule has 0 bridgehead atoms. The first kappa shape index (κ1) is 19.9. The zero-order valence-electron chi connectivity index (χ0n) is 13.7. The van der Waals surface area contributed by atoms with E-state index in [2.05, 4.69) is 18.0 Å². The fraction of sp³-hybridized carbons (Fsp3) is 1.00. The quantitative estimate of drug-likeness (QED) is 0.338. The van der Waals surface area contributed by atoms with E-state index < -0.39 is 10.1 Å². The molecule has 0 aromatic carbocycles. The Balaban J connectivity index is 4.03. The Morgan fingerprint density at radius 1 is 0.800 bits per heavy atom. The highest BCUT2D eigenvalue weighted by Gasteiger charge is 2.14. The molecule has 122 valence electrons. The van der Waals surface area contributed by atoms with Gasteiger partial charge in [0, 0.05) is 0 Å². The minimum atomic E-state index is -3.29. The van der Waals surface area contributed by atoms with Gasteiger partial charge in [-0.25, -0.2) is 0 Å². The summed E-state index contributed by atoms with van der Waals surface area (Å²) in [5, 5.41) is 0. The van der Waals surface area contributed by atoms with Crippen LogP contribution in [0.2, 0.25) is 0 Å². The van der Waals surface area contributed by atoms with Crippen molar-refractivity contribution >= 4 is 10.1 Å². The van der Waals surface area contributed by atoms with Crippen molar-refractivity contribution in [2.45, 2.75) is 84.5 Å². The Labute approximate surface area is 126 Å². The van der Waals surface area contributed by atoms with Crippen LogP contribution in [0.5, 0.6) is 0 Å². The minimum Gasteiger partial charge on any atom is -0.273 e. The Morgan fingerprint density at radius 3 is 1.70 bits per heavy atom. The van der Waals surface area contributed by atoms with Gasteiger partial charge in [-0.1, -0.05) is 78.1 Å². The van der Waals surface area contributed by atoms with Crippen molar-refractivity contribution < 1.29 is 12.6 Å². The van der Waals surface area contributed by atoms with Crippen molar-refractivity contribution in [1.29, 1.82) is 0 Å². The average Bonchev–Trinajstić information content (AvgIpc) is 2.44. The van der Waals surface area contributed by atoms with E-state index in [0.717, 1.165) is 6.42 Å². The van der Waals surface area contributed by atoms with E-state index in [-0.39, 0.29) is 5.75 Å². The highest BCUT2D eigenvalue weighted by atomic mass is 32.2. The summed E-state index contributed by atoms with van der Waals surface area (Å²) in [6.45, 7) is 4.43. The van der Waals surface area contributed by atoms with Crippen molar-refractivity contribution in [1.82, 2.24) is 0 Å². The molecule has 3 nitrogen and oxygen atoms in total. The molecule has 0 N–H and O–H groups in total. The Kier molecular flexibility index (Phi) is 12.6. The van der Waals surface area contributed by atoms with Crippen molar-refractivity contribution in [2.75, 3.05) is 12.9 Å². The number of unbranched alkanes of at least 4 members (excludes halogenated alkanes) is 6. The van der Waals surface area contributed by atoms with Crippen LogP contribution in [-0.2, 0) is 14.3 Å². The molecule has 0 heterocycles. The Hall–Kier alpha value is -0.0900. The number of rotatable bonds is 14. The third-order valence-corrected chi connectivity index (χ3v) is 5.21. The lowest BCUT2D eigenvalue weighted by atomic mass is 9.92. The number of hydrogen-bond donors (Lipinski definition) is 0. The van der Waals surface area contributed by atoms with Crippen LogP contribution in [0.1, 0.15) is 84.5 Å². The van der Waals surface area contributed by atoms with Gasteiger partial charge >= 0.3 is 0 Å². The van der Waals surface area contributed by atoms with E-state index in [4.69, 9.17) is 0 Å². The minimum absolute atomic E-state index is 0.176. The molecule has 0 fully saturated rings. The fourth-order valence-corrected chi connectivity index (χ4v) is 3.34. The second-order valence-corrected chi connectivity index (χ2v) is 7.64. The summed E-state index contributed by atoms with van der Waals surface area (Å²) < 4.78 is 27.4. The molecule has 0 aliphatic heterocycles. The largest absolute Gasteiger partial charge is 0.273 e. The van der Waals surface area contributed by atoms with E-state index >= 15 is 0 Å². The lowest BCUT2D eigenvalue weighted by Crippen LogP contribution is -2.13. The highest BCUT2D eigenvalue weighted by molar-refractivity contribution is 7.86. The van der Waals surface area contributed by atoms with E-state index in [0.29, 0.717) is 5.92 Å². The topological polar surface area (TPSA) is 43.4 Å². The van der Waals surface area contributed by atoms with Gasteiger partial charge in [-0.15, -0.1) is 0 Å². The summed E-state index contributed by atoms with van der Waals surface area (Å²) >= 11 is 0. The second kappa shape index (κ2) is 12.6. The van der Waals surface area contributed by atoms with Gasteiger partial charge in [0.05, 0.1) is 12.9 Å². The first-order valence-electron chi connectivity index (χ1n) is 8.34. The SMILES string of the molecule is CCCCCCC(CCCCCC)CCS(=O)(=O)OC. The van der Waals surface area contributed by atoms with Crippen LogP contribution in [0.3, 0.4) is 0 Å². The number of hydrogen-bond acceptors (Lipinski definition) is 3. The molecule has 0 rings (SSSR count). The van der Waals surface area contributed by atoms with Crippen LogP contribution in [0, 0.1) is 5.92 Å². The predicted octanol–water partition coefficient (Wildman–Crippen LogP) is 4.91. The standard InChI is InChI=1S/C16H34O3S/c1-4-6-8-10-12-16(13-11-9-7-5-2)14-15-20(17,18)19-3/h16H,4-15H2,1-3H3. The lowest BCUT2D eigenvalue weighted by Gasteiger charge is -2.16. The van der Waals surface area contributed by atoms with Crippen molar-refractivity contribution in [3.63, 3.8) is 0 Å². The normalized spacial score (nSPS) is 12.2. The molecule has 4 heteroatoms. The van der Waals surface area contributed by atoms with Crippen LogP contribution in [-0.4, -0.2) is 21.3 Å². The van der Waals surface area contributed by atoms with Crippen LogP contribution in [0.4, 0.5) is 0 Å². The van der Waals surface area contributed by atoms with Gasteiger partial charge in [0.15, 0.2) is 0 Å². The van der Waals surface area contributed by atoms with Crippen LogP contribution < -0.4 is 0 Å². The molecule has 0 aromatic rings. The predicted molar refractivity (Wildman–Crippen MR) is 86.4 cm³/mol. The summed E-state index contributed by atoms with van der Waals surface area (Å²) in [7, 11) is -2.03. The zero-order chi connectivity index (χ0) is 15.3. The Bertz CT molecular complexity index is 287. The smallest absolute Gasteiger partial charge is 0.267 e. The molecule has 0 amide bonds. The summed E-state index contributed by atoms with van der Waals surface area (Å²) in [6, 6.07) is 0. The molecule has 0 radical (unpaired) electrons. The molecular weight excluding hydrogens is 272 g/mol. The monoisotopic (exact) mass is 306 g/mol. The molecule has 0 aliphatic carbocycles. The molecule has 0 saturated carbocycles. The maximum Gasteiger partial charge on any atom is 0.267 e. The van der Waals surface area contributed by atoms with Gasteiger partial charge in [-0.05, 0) is 12.3 Å². The van der Waals surface area contributed by atoms with Crippen LogP contribution in [0.25, 0.3) is 0 Å². The van der Waals surface area contributed by atoms with Gasteiger partial charge in [-0.2, -0.15) is 8.42 Å². The van der Waals surface area contributed by atoms with Gasteiger partial charge in [0.25, 0.3) is 10.1 Å². The van der Waals surface area contributed by atoms with Gasteiger partial charge < -0.3 is 0 Å². The second-order valence-electron chi connectivity index (χ2n) is 5.78. The molecule has 20 heavy (non-hydrogen) atoms. The Morgan fingerprint density at radius 2 is 1.30 bits per heavy atom. The average molecular weight is 307 g/mol. The third-order valence-electron chi connectivity index (χ3n) is 3.96. The third kappa shape index (κ3) is 11.7. The lowest BCUT2D eigenvalue weighted by molar-refractivity contribution is 0.371. The van der Waals surface area contributed by atoms with Gasteiger partial charge in [-0.3, -0.25) is 4.18 Å².